The van der Waals surface area contributed by atoms with Crippen molar-refractivity contribution in [1.82, 2.24) is 5.32 Å². The van der Waals surface area contributed by atoms with Crippen molar-refractivity contribution in [3.63, 3.8) is 0 Å². The lowest BCUT2D eigenvalue weighted by Crippen LogP contribution is -2.33. The standard InChI is InChI=1S/C19H25NS/c1-13-6-8-16(9-7-13)19(4,12-15(3)21)18-11-17(20-5)10-14(18)2/h6-9,11,18,20H,2,10,12H2,1,3-5H3. The Balaban J connectivity index is 2.46. The van der Waals surface area contributed by atoms with E-state index in [4.69, 9.17) is 12.2 Å². The summed E-state index contributed by atoms with van der Waals surface area (Å²) in [7, 11) is 1.98. The molecule has 0 aliphatic heterocycles. The second-order valence-electron chi connectivity index (χ2n) is 6.42. The van der Waals surface area contributed by atoms with Crippen LogP contribution < -0.4 is 5.32 Å². The average Bonchev–Trinajstić information content (AvgIpc) is 2.80. The van der Waals surface area contributed by atoms with E-state index in [1.165, 1.54) is 22.4 Å². The molecule has 2 rings (SSSR count). The van der Waals surface area contributed by atoms with Crippen LogP contribution in [0.15, 0.2) is 48.2 Å². The lowest BCUT2D eigenvalue weighted by atomic mass is 9.67. The fraction of sp³-hybridized carbons (Fsp3) is 0.421. The van der Waals surface area contributed by atoms with Gasteiger partial charge < -0.3 is 5.32 Å². The Morgan fingerprint density at radius 1 is 1.38 bits per heavy atom. The molecular formula is C19H25NS. The highest BCUT2D eigenvalue weighted by Gasteiger charge is 2.39. The molecule has 2 unspecified atom stereocenters. The Morgan fingerprint density at radius 3 is 2.48 bits per heavy atom. The van der Waals surface area contributed by atoms with Crippen molar-refractivity contribution in [2.45, 2.75) is 39.0 Å². The van der Waals surface area contributed by atoms with E-state index in [1.807, 2.05) is 14.0 Å². The summed E-state index contributed by atoms with van der Waals surface area (Å²) in [6.45, 7) is 10.8. The highest BCUT2D eigenvalue weighted by atomic mass is 32.1. The fourth-order valence-electron chi connectivity index (χ4n) is 3.38. The third kappa shape index (κ3) is 3.26. The van der Waals surface area contributed by atoms with Gasteiger partial charge in [0.1, 0.15) is 0 Å². The van der Waals surface area contributed by atoms with Gasteiger partial charge in [-0.3, -0.25) is 0 Å². The van der Waals surface area contributed by atoms with Crippen molar-refractivity contribution in [3.05, 3.63) is 59.3 Å². The molecule has 112 valence electrons. The molecule has 1 aliphatic rings. The molecular weight excluding hydrogens is 274 g/mol. The Morgan fingerprint density at radius 2 is 2.00 bits per heavy atom. The molecule has 0 aromatic heterocycles. The molecule has 21 heavy (non-hydrogen) atoms. The maximum Gasteiger partial charge on any atom is 0.0111 e. The van der Waals surface area contributed by atoms with Gasteiger partial charge >= 0.3 is 0 Å². The molecule has 2 atom stereocenters. The molecule has 1 aromatic rings. The van der Waals surface area contributed by atoms with Gasteiger partial charge in [-0.2, -0.15) is 0 Å². The molecule has 1 aromatic carbocycles. The molecule has 1 nitrogen and oxygen atoms in total. The smallest absolute Gasteiger partial charge is 0.0111 e. The first-order valence-corrected chi connectivity index (χ1v) is 7.90. The first kappa shape index (κ1) is 16.0. The molecule has 0 spiro atoms. The van der Waals surface area contributed by atoms with Gasteiger partial charge in [0.25, 0.3) is 0 Å². The quantitative estimate of drug-likeness (QED) is 0.624. The topological polar surface area (TPSA) is 12.0 Å². The number of nitrogens with one attached hydrogen (secondary N) is 1. The molecule has 0 bridgehead atoms. The zero-order valence-electron chi connectivity index (χ0n) is 13.5. The van der Waals surface area contributed by atoms with E-state index in [0.29, 0.717) is 5.92 Å². The number of allylic oxidation sites excluding steroid dienone is 2. The van der Waals surface area contributed by atoms with E-state index in [1.54, 1.807) is 0 Å². The van der Waals surface area contributed by atoms with Crippen LogP contribution in [0.1, 0.15) is 37.8 Å². The first-order valence-electron chi connectivity index (χ1n) is 7.49. The maximum absolute atomic E-state index is 5.44. The molecule has 1 aliphatic carbocycles. The van der Waals surface area contributed by atoms with Crippen LogP contribution in [0.2, 0.25) is 0 Å². The predicted octanol–water partition coefficient (Wildman–Crippen LogP) is 4.71. The van der Waals surface area contributed by atoms with Gasteiger partial charge in [0.05, 0.1) is 0 Å². The number of rotatable bonds is 5. The summed E-state index contributed by atoms with van der Waals surface area (Å²) in [5.41, 5.74) is 5.16. The van der Waals surface area contributed by atoms with Crippen LogP contribution in [-0.4, -0.2) is 11.9 Å². The largest absolute Gasteiger partial charge is 0.391 e. The molecule has 0 heterocycles. The van der Waals surface area contributed by atoms with Crippen molar-refractivity contribution in [3.8, 4) is 0 Å². The number of hydrogen-bond donors (Lipinski definition) is 1. The summed E-state index contributed by atoms with van der Waals surface area (Å²) in [4.78, 5) is 1.05. The van der Waals surface area contributed by atoms with Crippen LogP contribution in [0.25, 0.3) is 0 Å². The molecule has 2 heteroatoms. The highest BCUT2D eigenvalue weighted by molar-refractivity contribution is 7.80. The molecule has 0 saturated heterocycles. The van der Waals surface area contributed by atoms with Crippen LogP contribution >= 0.6 is 12.2 Å². The third-order valence-corrected chi connectivity index (χ3v) is 4.70. The van der Waals surface area contributed by atoms with Gasteiger partial charge in [0.2, 0.25) is 0 Å². The second-order valence-corrected chi connectivity index (χ2v) is 7.11. The van der Waals surface area contributed by atoms with E-state index in [0.717, 1.165) is 17.7 Å². The van der Waals surface area contributed by atoms with Crippen molar-refractivity contribution < 1.29 is 0 Å². The van der Waals surface area contributed by atoms with Gasteiger partial charge in [-0.05, 0) is 30.7 Å². The molecule has 0 saturated carbocycles. The van der Waals surface area contributed by atoms with Crippen LogP contribution in [0, 0.1) is 12.8 Å². The molecule has 0 radical (unpaired) electrons. The van der Waals surface area contributed by atoms with Gasteiger partial charge in [-0.25, -0.2) is 0 Å². The Bertz CT molecular complexity index is 582. The minimum Gasteiger partial charge on any atom is -0.391 e. The van der Waals surface area contributed by atoms with E-state index in [9.17, 15) is 0 Å². The first-order chi connectivity index (χ1) is 9.86. The average molecular weight is 299 g/mol. The normalized spacial score (nSPS) is 20.9. The monoisotopic (exact) mass is 299 g/mol. The number of thiocarbonyl (C=S) groups is 1. The Hall–Kier alpha value is -1.41. The Kier molecular flexibility index (Phi) is 4.67. The minimum absolute atomic E-state index is 0.0186. The lowest BCUT2D eigenvalue weighted by molar-refractivity contribution is 0.407. The third-order valence-electron chi connectivity index (χ3n) is 4.56. The summed E-state index contributed by atoms with van der Waals surface area (Å²) in [6, 6.07) is 8.86. The maximum atomic E-state index is 5.44. The lowest BCUT2D eigenvalue weighted by Gasteiger charge is -2.36. The number of aryl methyl sites for hydroxylation is 1. The summed E-state index contributed by atoms with van der Waals surface area (Å²) in [6.07, 6.45) is 4.18. The number of hydrogen-bond acceptors (Lipinski definition) is 2. The summed E-state index contributed by atoms with van der Waals surface area (Å²) in [5.74, 6) is 0.334. The van der Waals surface area contributed by atoms with E-state index < -0.39 is 0 Å². The zero-order chi connectivity index (χ0) is 15.6. The molecule has 1 N–H and O–H groups in total. The van der Waals surface area contributed by atoms with Crippen molar-refractivity contribution >= 4 is 17.1 Å². The molecule has 0 fully saturated rings. The van der Waals surface area contributed by atoms with Gasteiger partial charge in [0, 0.05) is 30.5 Å². The van der Waals surface area contributed by atoms with Crippen LogP contribution in [0.5, 0.6) is 0 Å². The zero-order valence-corrected chi connectivity index (χ0v) is 14.3. The number of benzene rings is 1. The molecule has 0 amide bonds. The predicted molar refractivity (Wildman–Crippen MR) is 95.8 cm³/mol. The van der Waals surface area contributed by atoms with Crippen LogP contribution in [0.4, 0.5) is 0 Å². The summed E-state index contributed by atoms with van der Waals surface area (Å²) >= 11 is 5.44. The Labute approximate surface area is 134 Å². The summed E-state index contributed by atoms with van der Waals surface area (Å²) in [5, 5.41) is 3.28. The van der Waals surface area contributed by atoms with Crippen LogP contribution in [0.3, 0.4) is 0 Å². The van der Waals surface area contributed by atoms with Crippen molar-refractivity contribution in [1.29, 1.82) is 0 Å². The second kappa shape index (κ2) is 6.15. The fourth-order valence-corrected chi connectivity index (χ4v) is 3.68. The van der Waals surface area contributed by atoms with Gasteiger partial charge in [-0.15, -0.1) is 0 Å². The van der Waals surface area contributed by atoms with E-state index in [-0.39, 0.29) is 5.41 Å². The van der Waals surface area contributed by atoms with E-state index in [2.05, 4.69) is 56.1 Å². The van der Waals surface area contributed by atoms with E-state index >= 15 is 0 Å². The highest BCUT2D eigenvalue weighted by Crippen LogP contribution is 2.45. The minimum atomic E-state index is -0.0186. The van der Waals surface area contributed by atoms with Gasteiger partial charge in [0.15, 0.2) is 0 Å². The summed E-state index contributed by atoms with van der Waals surface area (Å²) < 4.78 is 0. The van der Waals surface area contributed by atoms with Gasteiger partial charge in [-0.1, -0.05) is 67.2 Å². The SMILES string of the molecule is C=C1CC(NC)=CC1C(C)(CC(C)=S)c1ccc(C)cc1. The van der Waals surface area contributed by atoms with Crippen molar-refractivity contribution in [2.24, 2.45) is 5.92 Å². The van der Waals surface area contributed by atoms with Crippen molar-refractivity contribution in [2.75, 3.05) is 7.05 Å². The van der Waals surface area contributed by atoms with Crippen LogP contribution in [-0.2, 0) is 5.41 Å².